The third-order valence-electron chi connectivity index (χ3n) is 4.42. The summed E-state index contributed by atoms with van der Waals surface area (Å²) in [6.07, 6.45) is 0. The normalized spacial score (nSPS) is 11.6. The van der Waals surface area contributed by atoms with Crippen LogP contribution in [0.5, 0.6) is 0 Å². The standard InChI is InChI=1S/C19H20N10O/c1-11(21)15(10-20)23-27-18-16(12(2)22-26-18)24-25-17-13(3)28(4)29(19(17)30)14-8-6-5-7-9-14/h5-9,21H,1-4H3,(H2,22,26,27)/b21-11?,23-15-,25-24?. The van der Waals surface area contributed by atoms with Crippen molar-refractivity contribution in [2.75, 3.05) is 5.43 Å². The fourth-order valence-corrected chi connectivity index (χ4v) is 2.69. The van der Waals surface area contributed by atoms with Gasteiger partial charge in [-0.2, -0.15) is 15.5 Å². The van der Waals surface area contributed by atoms with E-state index in [4.69, 9.17) is 10.7 Å². The molecule has 0 aliphatic rings. The lowest BCUT2D eigenvalue weighted by molar-refractivity contribution is 0.630. The van der Waals surface area contributed by atoms with Crippen LogP contribution in [0.4, 0.5) is 17.2 Å². The number of para-hydroxylation sites is 1. The van der Waals surface area contributed by atoms with E-state index >= 15 is 0 Å². The molecule has 2 aromatic heterocycles. The number of azo groups is 1. The van der Waals surface area contributed by atoms with Crippen molar-refractivity contribution in [2.45, 2.75) is 20.8 Å². The lowest BCUT2D eigenvalue weighted by Crippen LogP contribution is -2.19. The molecule has 0 aliphatic carbocycles. The number of aromatic nitrogens is 4. The molecule has 2 heterocycles. The molecule has 3 rings (SSSR count). The quantitative estimate of drug-likeness (QED) is 0.328. The second-order valence-corrected chi connectivity index (χ2v) is 6.46. The summed E-state index contributed by atoms with van der Waals surface area (Å²) < 4.78 is 3.23. The summed E-state index contributed by atoms with van der Waals surface area (Å²) in [5.74, 6) is 0.224. The molecular formula is C19H20N10O. The molecule has 0 spiro atoms. The zero-order valence-electron chi connectivity index (χ0n) is 16.9. The minimum atomic E-state index is -0.301. The maximum Gasteiger partial charge on any atom is 0.299 e. The molecular weight excluding hydrogens is 384 g/mol. The molecule has 30 heavy (non-hydrogen) atoms. The summed E-state index contributed by atoms with van der Waals surface area (Å²) >= 11 is 0. The first-order valence-corrected chi connectivity index (χ1v) is 8.95. The van der Waals surface area contributed by atoms with Gasteiger partial charge in [-0.25, -0.2) is 4.68 Å². The van der Waals surface area contributed by atoms with Crippen LogP contribution in [-0.4, -0.2) is 31.0 Å². The Labute approximate surface area is 171 Å². The number of hydrogen-bond acceptors (Lipinski definition) is 8. The lowest BCUT2D eigenvalue weighted by Gasteiger charge is -2.07. The number of aryl methyl sites for hydroxylation is 1. The number of nitrogens with one attached hydrogen (secondary N) is 3. The molecule has 0 aliphatic heterocycles. The van der Waals surface area contributed by atoms with E-state index in [1.807, 2.05) is 36.4 Å². The second kappa shape index (κ2) is 8.36. The predicted molar refractivity (Wildman–Crippen MR) is 113 cm³/mol. The Bertz CT molecular complexity index is 1250. The van der Waals surface area contributed by atoms with Crippen LogP contribution < -0.4 is 11.0 Å². The summed E-state index contributed by atoms with van der Waals surface area (Å²) in [7, 11) is 1.77. The van der Waals surface area contributed by atoms with Crippen LogP contribution in [0.2, 0.25) is 0 Å². The van der Waals surface area contributed by atoms with Crippen LogP contribution in [0.25, 0.3) is 5.69 Å². The highest BCUT2D eigenvalue weighted by Crippen LogP contribution is 2.28. The van der Waals surface area contributed by atoms with Gasteiger partial charge in [0.1, 0.15) is 6.07 Å². The Morgan fingerprint density at radius 2 is 1.90 bits per heavy atom. The van der Waals surface area contributed by atoms with Crippen molar-refractivity contribution in [3.63, 3.8) is 0 Å². The topological polar surface area (TPSA) is 152 Å². The average Bonchev–Trinajstić information content (AvgIpc) is 3.18. The van der Waals surface area contributed by atoms with Crippen molar-refractivity contribution in [2.24, 2.45) is 22.4 Å². The average molecular weight is 404 g/mol. The third-order valence-corrected chi connectivity index (χ3v) is 4.42. The van der Waals surface area contributed by atoms with E-state index in [1.54, 1.807) is 25.6 Å². The number of hydrogen-bond donors (Lipinski definition) is 3. The van der Waals surface area contributed by atoms with Crippen molar-refractivity contribution in [1.82, 2.24) is 19.6 Å². The molecule has 3 aromatic rings. The largest absolute Gasteiger partial charge is 0.303 e. The molecule has 0 amide bonds. The van der Waals surface area contributed by atoms with E-state index in [0.717, 1.165) is 5.69 Å². The van der Waals surface area contributed by atoms with Gasteiger partial charge >= 0.3 is 0 Å². The zero-order chi connectivity index (χ0) is 21.8. The van der Waals surface area contributed by atoms with Crippen molar-refractivity contribution >= 4 is 28.6 Å². The zero-order valence-corrected chi connectivity index (χ0v) is 16.9. The maximum absolute atomic E-state index is 12.9. The molecule has 0 saturated heterocycles. The summed E-state index contributed by atoms with van der Waals surface area (Å²) in [6.45, 7) is 4.98. The number of anilines is 1. The van der Waals surface area contributed by atoms with Crippen LogP contribution in [0.1, 0.15) is 18.3 Å². The molecule has 0 saturated carbocycles. The molecule has 0 radical (unpaired) electrons. The highest BCUT2D eigenvalue weighted by molar-refractivity contribution is 6.46. The van der Waals surface area contributed by atoms with E-state index in [0.29, 0.717) is 17.1 Å². The Hall–Kier alpha value is -4.33. The minimum Gasteiger partial charge on any atom is -0.303 e. The van der Waals surface area contributed by atoms with E-state index in [1.165, 1.54) is 11.6 Å². The molecule has 0 bridgehead atoms. The Morgan fingerprint density at radius 1 is 1.23 bits per heavy atom. The first-order valence-electron chi connectivity index (χ1n) is 8.95. The summed E-state index contributed by atoms with van der Waals surface area (Å²) in [4.78, 5) is 12.9. The van der Waals surface area contributed by atoms with E-state index in [-0.39, 0.29) is 28.5 Å². The summed E-state index contributed by atoms with van der Waals surface area (Å²) in [5.41, 5.74) is 4.75. The molecule has 11 heteroatoms. The first kappa shape index (κ1) is 20.4. The van der Waals surface area contributed by atoms with E-state index < -0.39 is 0 Å². The minimum absolute atomic E-state index is 0.0156. The number of benzene rings is 1. The lowest BCUT2D eigenvalue weighted by atomic mass is 10.3. The molecule has 0 fully saturated rings. The smallest absolute Gasteiger partial charge is 0.299 e. The number of aromatic amines is 1. The number of rotatable bonds is 6. The van der Waals surface area contributed by atoms with Gasteiger partial charge in [-0.1, -0.05) is 18.2 Å². The SMILES string of the molecule is CC(=N)/C(C#N)=N\Nc1n[nH]c(C)c1N=Nc1c(C)n(C)n(-c2ccccc2)c1=O. The van der Waals surface area contributed by atoms with E-state index in [2.05, 4.69) is 31.0 Å². The van der Waals surface area contributed by atoms with Crippen molar-refractivity contribution in [3.8, 4) is 11.8 Å². The van der Waals surface area contributed by atoms with Gasteiger partial charge in [0.25, 0.3) is 5.56 Å². The van der Waals surface area contributed by atoms with Gasteiger partial charge in [-0.15, -0.1) is 10.2 Å². The molecule has 152 valence electrons. The van der Waals surface area contributed by atoms with Crippen molar-refractivity contribution < 1.29 is 0 Å². The van der Waals surface area contributed by atoms with Crippen molar-refractivity contribution in [1.29, 1.82) is 10.7 Å². The number of nitrogens with zero attached hydrogens (tertiary/aromatic N) is 7. The van der Waals surface area contributed by atoms with Crippen LogP contribution in [0.15, 0.2) is 50.5 Å². The summed E-state index contributed by atoms with van der Waals surface area (Å²) in [5, 5.41) is 35.5. The van der Waals surface area contributed by atoms with Crippen LogP contribution in [0, 0.1) is 30.6 Å². The van der Waals surface area contributed by atoms with Gasteiger partial charge < -0.3 is 5.41 Å². The van der Waals surface area contributed by atoms with Crippen molar-refractivity contribution in [3.05, 3.63) is 52.1 Å². The Morgan fingerprint density at radius 3 is 2.53 bits per heavy atom. The molecule has 0 unspecified atom stereocenters. The molecule has 3 N–H and O–H groups in total. The van der Waals surface area contributed by atoms with Crippen LogP contribution in [0.3, 0.4) is 0 Å². The highest BCUT2D eigenvalue weighted by Gasteiger charge is 2.17. The number of H-pyrrole nitrogens is 1. The number of nitriles is 1. The first-order chi connectivity index (χ1) is 14.3. The van der Waals surface area contributed by atoms with Crippen LogP contribution >= 0.6 is 0 Å². The van der Waals surface area contributed by atoms with Crippen LogP contribution in [-0.2, 0) is 7.05 Å². The monoisotopic (exact) mass is 404 g/mol. The fourth-order valence-electron chi connectivity index (χ4n) is 2.69. The fraction of sp³-hybridized carbons (Fsp3) is 0.211. The predicted octanol–water partition coefficient (Wildman–Crippen LogP) is 3.26. The van der Waals surface area contributed by atoms with Gasteiger partial charge in [0.05, 0.1) is 22.8 Å². The Balaban J connectivity index is 1.99. The second-order valence-electron chi connectivity index (χ2n) is 6.46. The molecule has 1 aromatic carbocycles. The van der Waals surface area contributed by atoms with Gasteiger partial charge in [0.2, 0.25) is 0 Å². The molecule has 0 atom stereocenters. The Kier molecular flexibility index (Phi) is 5.68. The number of hydrazone groups is 1. The molecule has 11 nitrogen and oxygen atoms in total. The van der Waals surface area contributed by atoms with Gasteiger partial charge in [0.15, 0.2) is 22.9 Å². The van der Waals surface area contributed by atoms with Gasteiger partial charge in [-0.3, -0.25) is 20.0 Å². The third kappa shape index (κ3) is 3.79. The summed E-state index contributed by atoms with van der Waals surface area (Å²) in [6, 6.07) is 11.1. The van der Waals surface area contributed by atoms with E-state index in [9.17, 15) is 4.79 Å². The van der Waals surface area contributed by atoms with Gasteiger partial charge in [-0.05, 0) is 32.9 Å². The van der Waals surface area contributed by atoms with Gasteiger partial charge in [0, 0.05) is 7.05 Å². The maximum atomic E-state index is 12.9. The highest BCUT2D eigenvalue weighted by atomic mass is 16.1.